The molecule has 3 rings (SSSR count). The molecule has 4 heteroatoms. The lowest BCUT2D eigenvalue weighted by Crippen LogP contribution is -2.51. The summed E-state index contributed by atoms with van der Waals surface area (Å²) in [5, 5.41) is 10.9. The zero-order valence-corrected chi connectivity index (χ0v) is 14.8. The van der Waals surface area contributed by atoms with Gasteiger partial charge in [-0.15, -0.1) is 0 Å². The highest BCUT2D eigenvalue weighted by atomic mass is 16.5. The molecule has 0 aromatic heterocycles. The van der Waals surface area contributed by atoms with Gasteiger partial charge in [-0.3, -0.25) is 4.79 Å². The summed E-state index contributed by atoms with van der Waals surface area (Å²) in [5.74, 6) is 0.196. The van der Waals surface area contributed by atoms with Gasteiger partial charge < -0.3 is 14.7 Å². The number of aliphatic hydroxyl groups is 1. The Balaban J connectivity index is 1.57. The summed E-state index contributed by atoms with van der Waals surface area (Å²) >= 11 is 0. The quantitative estimate of drug-likeness (QED) is 0.926. The van der Waals surface area contributed by atoms with Gasteiger partial charge in [0.2, 0.25) is 5.91 Å². The first-order valence-electron chi connectivity index (χ1n) is 9.15. The number of hydrogen-bond acceptors (Lipinski definition) is 3. The van der Waals surface area contributed by atoms with E-state index in [9.17, 15) is 9.90 Å². The SMILES string of the molecule is Cc1cccc(CC2(O)CCN(C(=O)[C@@H]3CCCO[C@H]3C)CC2)c1. The third kappa shape index (κ3) is 3.98. The Labute approximate surface area is 144 Å². The van der Waals surface area contributed by atoms with Crippen molar-refractivity contribution >= 4 is 5.91 Å². The van der Waals surface area contributed by atoms with Crippen molar-refractivity contribution in [1.82, 2.24) is 4.90 Å². The van der Waals surface area contributed by atoms with E-state index in [1.807, 2.05) is 17.9 Å². The smallest absolute Gasteiger partial charge is 0.228 e. The third-order valence-electron chi connectivity index (χ3n) is 5.55. The zero-order chi connectivity index (χ0) is 17.2. The van der Waals surface area contributed by atoms with Crippen LogP contribution in [0.15, 0.2) is 24.3 Å². The molecule has 0 spiro atoms. The highest BCUT2D eigenvalue weighted by molar-refractivity contribution is 5.79. The molecular weight excluding hydrogens is 302 g/mol. The molecule has 2 aliphatic heterocycles. The second-order valence-corrected chi connectivity index (χ2v) is 7.54. The van der Waals surface area contributed by atoms with Crippen LogP contribution in [0.1, 0.15) is 43.7 Å². The van der Waals surface area contributed by atoms with Crippen LogP contribution in [-0.2, 0) is 16.0 Å². The number of likely N-dealkylation sites (tertiary alicyclic amines) is 1. The predicted octanol–water partition coefficient (Wildman–Crippen LogP) is 2.71. The molecule has 0 bridgehead atoms. The topological polar surface area (TPSA) is 49.8 Å². The molecule has 0 saturated carbocycles. The normalized spacial score (nSPS) is 27.0. The Morgan fingerprint density at radius 2 is 2.12 bits per heavy atom. The number of carbonyl (C=O) groups excluding carboxylic acids is 1. The number of hydrogen-bond donors (Lipinski definition) is 1. The number of amides is 1. The van der Waals surface area contributed by atoms with Gasteiger partial charge in [0.1, 0.15) is 0 Å². The molecular formula is C20H29NO3. The van der Waals surface area contributed by atoms with Crippen LogP contribution in [0.25, 0.3) is 0 Å². The average molecular weight is 331 g/mol. The Kier molecular flexibility index (Phi) is 5.26. The van der Waals surface area contributed by atoms with Crippen LogP contribution < -0.4 is 0 Å². The summed E-state index contributed by atoms with van der Waals surface area (Å²) in [6, 6.07) is 8.32. The second-order valence-electron chi connectivity index (χ2n) is 7.54. The van der Waals surface area contributed by atoms with Crippen molar-refractivity contribution in [2.24, 2.45) is 5.92 Å². The first kappa shape index (κ1) is 17.4. The van der Waals surface area contributed by atoms with Crippen molar-refractivity contribution < 1.29 is 14.6 Å². The zero-order valence-electron chi connectivity index (χ0n) is 14.8. The minimum atomic E-state index is -0.695. The molecule has 2 aliphatic rings. The van der Waals surface area contributed by atoms with Crippen molar-refractivity contribution in [3.05, 3.63) is 35.4 Å². The van der Waals surface area contributed by atoms with E-state index in [0.29, 0.717) is 32.4 Å². The molecule has 1 aromatic carbocycles. The van der Waals surface area contributed by atoms with Crippen LogP contribution in [0.2, 0.25) is 0 Å². The van der Waals surface area contributed by atoms with Crippen molar-refractivity contribution in [2.75, 3.05) is 19.7 Å². The molecule has 2 heterocycles. The van der Waals surface area contributed by atoms with Gasteiger partial charge in [0, 0.05) is 26.1 Å². The summed E-state index contributed by atoms with van der Waals surface area (Å²) in [7, 11) is 0. The van der Waals surface area contributed by atoms with E-state index >= 15 is 0 Å². The molecule has 2 fully saturated rings. The third-order valence-corrected chi connectivity index (χ3v) is 5.55. The maximum absolute atomic E-state index is 12.7. The van der Waals surface area contributed by atoms with Gasteiger partial charge in [-0.05, 0) is 45.1 Å². The summed E-state index contributed by atoms with van der Waals surface area (Å²) in [5.41, 5.74) is 1.70. The second kappa shape index (κ2) is 7.24. The van der Waals surface area contributed by atoms with Crippen molar-refractivity contribution in [3.63, 3.8) is 0 Å². The van der Waals surface area contributed by atoms with Crippen molar-refractivity contribution in [3.8, 4) is 0 Å². The van der Waals surface area contributed by atoms with E-state index in [4.69, 9.17) is 4.74 Å². The van der Waals surface area contributed by atoms with E-state index in [-0.39, 0.29) is 17.9 Å². The van der Waals surface area contributed by atoms with Crippen molar-refractivity contribution in [1.29, 1.82) is 0 Å². The van der Waals surface area contributed by atoms with E-state index in [2.05, 4.69) is 25.1 Å². The fraction of sp³-hybridized carbons (Fsp3) is 0.650. The number of piperidine rings is 1. The summed E-state index contributed by atoms with van der Waals surface area (Å²) in [4.78, 5) is 14.7. The first-order chi connectivity index (χ1) is 11.5. The fourth-order valence-electron chi connectivity index (χ4n) is 4.00. The minimum Gasteiger partial charge on any atom is -0.389 e. The lowest BCUT2D eigenvalue weighted by Gasteiger charge is -2.41. The number of rotatable bonds is 3. The Bertz CT molecular complexity index is 578. The van der Waals surface area contributed by atoms with E-state index in [1.54, 1.807) is 0 Å². The monoisotopic (exact) mass is 331 g/mol. The van der Waals surface area contributed by atoms with Gasteiger partial charge in [-0.2, -0.15) is 0 Å². The number of ether oxygens (including phenoxy) is 1. The lowest BCUT2D eigenvalue weighted by atomic mass is 9.84. The largest absolute Gasteiger partial charge is 0.389 e. The van der Waals surface area contributed by atoms with E-state index < -0.39 is 5.60 Å². The molecule has 4 nitrogen and oxygen atoms in total. The lowest BCUT2D eigenvalue weighted by molar-refractivity contribution is -0.148. The van der Waals surface area contributed by atoms with Gasteiger partial charge in [-0.1, -0.05) is 29.8 Å². The number of benzene rings is 1. The number of aryl methyl sites for hydroxylation is 1. The van der Waals surface area contributed by atoms with Crippen LogP contribution in [0.3, 0.4) is 0 Å². The van der Waals surface area contributed by atoms with Gasteiger partial charge in [-0.25, -0.2) is 0 Å². The van der Waals surface area contributed by atoms with Crippen LogP contribution >= 0.6 is 0 Å². The van der Waals surface area contributed by atoms with Crippen LogP contribution in [0, 0.1) is 12.8 Å². The standard InChI is InChI=1S/C20H29NO3/c1-15-5-3-6-17(13-15)14-20(23)8-10-21(11-9-20)19(22)18-7-4-12-24-16(18)2/h3,5-6,13,16,18,23H,4,7-12,14H2,1-2H3/t16-,18+/m0/s1. The predicted molar refractivity (Wildman–Crippen MR) is 93.8 cm³/mol. The molecule has 0 unspecified atom stereocenters. The molecule has 132 valence electrons. The van der Waals surface area contributed by atoms with Crippen LogP contribution in [0.5, 0.6) is 0 Å². The van der Waals surface area contributed by atoms with E-state index in [1.165, 1.54) is 11.1 Å². The molecule has 1 N–H and O–H groups in total. The summed E-state index contributed by atoms with van der Waals surface area (Å²) in [6.45, 7) is 6.12. The summed E-state index contributed by atoms with van der Waals surface area (Å²) < 4.78 is 5.64. The Morgan fingerprint density at radius 3 is 2.79 bits per heavy atom. The van der Waals surface area contributed by atoms with Crippen LogP contribution in [-0.4, -0.2) is 47.3 Å². The molecule has 0 aliphatic carbocycles. The maximum atomic E-state index is 12.7. The van der Waals surface area contributed by atoms with E-state index in [0.717, 1.165) is 19.4 Å². The van der Waals surface area contributed by atoms with Gasteiger partial charge >= 0.3 is 0 Å². The van der Waals surface area contributed by atoms with Crippen molar-refractivity contribution in [2.45, 2.75) is 57.7 Å². The number of carbonyl (C=O) groups is 1. The maximum Gasteiger partial charge on any atom is 0.228 e. The van der Waals surface area contributed by atoms with Gasteiger partial charge in [0.15, 0.2) is 0 Å². The highest BCUT2D eigenvalue weighted by Crippen LogP contribution is 2.29. The average Bonchev–Trinajstić information content (AvgIpc) is 2.55. The Hall–Kier alpha value is -1.39. The fourth-order valence-corrected chi connectivity index (χ4v) is 4.00. The first-order valence-corrected chi connectivity index (χ1v) is 9.15. The molecule has 2 saturated heterocycles. The molecule has 0 radical (unpaired) electrons. The molecule has 1 aromatic rings. The molecule has 1 amide bonds. The number of nitrogens with zero attached hydrogens (tertiary/aromatic N) is 1. The summed E-state index contributed by atoms with van der Waals surface area (Å²) in [6.07, 6.45) is 3.86. The Morgan fingerprint density at radius 1 is 1.38 bits per heavy atom. The minimum absolute atomic E-state index is 0.0123. The van der Waals surface area contributed by atoms with Gasteiger partial charge in [0.25, 0.3) is 0 Å². The molecule has 2 atom stereocenters. The van der Waals surface area contributed by atoms with Crippen LogP contribution in [0.4, 0.5) is 0 Å². The highest BCUT2D eigenvalue weighted by Gasteiger charge is 2.38. The molecule has 24 heavy (non-hydrogen) atoms. The van der Waals surface area contributed by atoms with Gasteiger partial charge in [0.05, 0.1) is 17.6 Å².